The molecule has 0 saturated heterocycles. The first-order chi connectivity index (χ1) is 10.2. The van der Waals surface area contributed by atoms with Crippen molar-refractivity contribution in [2.45, 2.75) is 6.54 Å². The van der Waals surface area contributed by atoms with E-state index in [0.717, 1.165) is 11.1 Å². The zero-order chi connectivity index (χ0) is 14.8. The molecule has 0 radical (unpaired) electrons. The van der Waals surface area contributed by atoms with E-state index in [2.05, 4.69) is 4.98 Å². The Bertz CT molecular complexity index is 877. The number of rotatable bonds is 4. The molecule has 0 unspecified atom stereocenters. The molecular formula is C15H14N2O3S. The second-order valence-electron chi connectivity index (χ2n) is 4.60. The van der Waals surface area contributed by atoms with Crippen LogP contribution < -0.4 is 11.2 Å². The first-order valence-corrected chi connectivity index (χ1v) is 7.39. The van der Waals surface area contributed by atoms with Crippen molar-refractivity contribution < 1.29 is 4.74 Å². The van der Waals surface area contributed by atoms with E-state index in [1.807, 2.05) is 35.7 Å². The lowest BCUT2D eigenvalue weighted by Gasteiger charge is -2.05. The van der Waals surface area contributed by atoms with Gasteiger partial charge in [-0.1, -0.05) is 30.3 Å². The third-order valence-electron chi connectivity index (χ3n) is 3.32. The maximum absolute atomic E-state index is 12.6. The number of hydrogen-bond acceptors (Lipinski definition) is 4. The van der Waals surface area contributed by atoms with Crippen molar-refractivity contribution in [2.75, 3.05) is 13.7 Å². The molecule has 1 N–H and O–H groups in total. The van der Waals surface area contributed by atoms with Crippen LogP contribution in [0.25, 0.3) is 21.3 Å². The minimum atomic E-state index is -0.397. The molecule has 0 amide bonds. The van der Waals surface area contributed by atoms with Crippen molar-refractivity contribution in [1.29, 1.82) is 0 Å². The molecule has 0 saturated carbocycles. The highest BCUT2D eigenvalue weighted by atomic mass is 32.1. The van der Waals surface area contributed by atoms with Crippen molar-refractivity contribution >= 4 is 21.6 Å². The van der Waals surface area contributed by atoms with Crippen molar-refractivity contribution in [2.24, 2.45) is 0 Å². The summed E-state index contributed by atoms with van der Waals surface area (Å²) in [6.45, 7) is 0.560. The van der Waals surface area contributed by atoms with Gasteiger partial charge in [-0.25, -0.2) is 4.79 Å². The van der Waals surface area contributed by atoms with E-state index in [-0.39, 0.29) is 12.1 Å². The lowest BCUT2D eigenvalue weighted by molar-refractivity contribution is 0.185. The van der Waals surface area contributed by atoms with Crippen molar-refractivity contribution in [3.63, 3.8) is 0 Å². The molecule has 0 aliphatic heterocycles. The number of aromatic amines is 1. The van der Waals surface area contributed by atoms with Crippen LogP contribution in [0.15, 0.2) is 45.3 Å². The average molecular weight is 302 g/mol. The maximum Gasteiger partial charge on any atom is 0.329 e. The van der Waals surface area contributed by atoms with Gasteiger partial charge < -0.3 is 4.74 Å². The number of nitrogens with one attached hydrogen (secondary N) is 1. The number of H-pyrrole nitrogens is 1. The lowest BCUT2D eigenvalue weighted by atomic mass is 10.1. The summed E-state index contributed by atoms with van der Waals surface area (Å²) in [4.78, 5) is 27.9. The second kappa shape index (κ2) is 5.67. The minimum Gasteiger partial charge on any atom is -0.383 e. The zero-order valence-electron chi connectivity index (χ0n) is 11.5. The Balaban J connectivity index is 2.26. The van der Waals surface area contributed by atoms with Crippen molar-refractivity contribution in [1.82, 2.24) is 9.55 Å². The van der Waals surface area contributed by atoms with E-state index >= 15 is 0 Å². The lowest BCUT2D eigenvalue weighted by Crippen LogP contribution is -2.35. The van der Waals surface area contributed by atoms with Gasteiger partial charge in [-0.05, 0) is 5.56 Å². The molecule has 0 spiro atoms. The van der Waals surface area contributed by atoms with Crippen LogP contribution in [0.3, 0.4) is 0 Å². The van der Waals surface area contributed by atoms with Gasteiger partial charge in [-0.3, -0.25) is 14.3 Å². The molecule has 108 valence electrons. The molecule has 0 fully saturated rings. The van der Waals surface area contributed by atoms with Crippen LogP contribution in [0.5, 0.6) is 0 Å². The van der Waals surface area contributed by atoms with Gasteiger partial charge in [-0.2, -0.15) is 0 Å². The molecule has 0 atom stereocenters. The summed E-state index contributed by atoms with van der Waals surface area (Å²) < 4.78 is 6.14. The smallest absolute Gasteiger partial charge is 0.329 e. The van der Waals surface area contributed by atoms with Crippen LogP contribution in [-0.2, 0) is 11.3 Å². The Hall–Kier alpha value is -2.18. The van der Waals surface area contributed by atoms with E-state index in [1.165, 1.54) is 23.0 Å². The Morgan fingerprint density at radius 2 is 2.00 bits per heavy atom. The third-order valence-corrected chi connectivity index (χ3v) is 4.21. The fourth-order valence-electron chi connectivity index (χ4n) is 2.27. The summed E-state index contributed by atoms with van der Waals surface area (Å²) in [7, 11) is 1.54. The number of methoxy groups -OCH3 is 1. The van der Waals surface area contributed by atoms with E-state index in [0.29, 0.717) is 16.8 Å². The summed E-state index contributed by atoms with van der Waals surface area (Å²) in [6.07, 6.45) is 0. The standard InChI is InChI=1S/C15H14N2O3S/c1-20-8-7-17-14(18)12-11(10-5-3-2-4-6-10)9-21-13(12)16-15(17)19/h2-6,9H,7-8H2,1H3,(H,16,19). The van der Waals surface area contributed by atoms with Gasteiger partial charge in [0.05, 0.1) is 18.5 Å². The van der Waals surface area contributed by atoms with Crippen LogP contribution in [0.2, 0.25) is 0 Å². The summed E-state index contributed by atoms with van der Waals surface area (Å²) in [5.74, 6) is 0. The van der Waals surface area contributed by atoms with Gasteiger partial charge in [0, 0.05) is 18.1 Å². The summed E-state index contributed by atoms with van der Waals surface area (Å²) in [5, 5.41) is 2.46. The van der Waals surface area contributed by atoms with Crippen LogP contribution in [0, 0.1) is 0 Å². The predicted molar refractivity (Wildman–Crippen MR) is 84.0 cm³/mol. The average Bonchev–Trinajstić information content (AvgIpc) is 2.92. The largest absolute Gasteiger partial charge is 0.383 e. The number of fused-ring (bicyclic) bond motifs is 1. The van der Waals surface area contributed by atoms with E-state index < -0.39 is 5.69 Å². The molecule has 6 heteroatoms. The van der Waals surface area contributed by atoms with Crippen LogP contribution in [-0.4, -0.2) is 23.3 Å². The van der Waals surface area contributed by atoms with E-state index in [9.17, 15) is 9.59 Å². The monoisotopic (exact) mass is 302 g/mol. The van der Waals surface area contributed by atoms with Crippen LogP contribution in [0.1, 0.15) is 0 Å². The highest BCUT2D eigenvalue weighted by Gasteiger charge is 2.14. The summed E-state index contributed by atoms with van der Waals surface area (Å²) in [5.41, 5.74) is 1.14. The number of aromatic nitrogens is 2. The molecular weight excluding hydrogens is 288 g/mol. The van der Waals surface area contributed by atoms with Gasteiger partial charge >= 0.3 is 5.69 Å². The second-order valence-corrected chi connectivity index (χ2v) is 5.48. The highest BCUT2D eigenvalue weighted by Crippen LogP contribution is 2.29. The molecule has 2 aromatic heterocycles. The molecule has 5 nitrogen and oxygen atoms in total. The van der Waals surface area contributed by atoms with Crippen molar-refractivity contribution in [3.05, 3.63) is 56.5 Å². The number of ether oxygens (including phenoxy) is 1. The SMILES string of the molecule is COCCn1c(=O)[nH]c2scc(-c3ccccc3)c2c1=O. The topological polar surface area (TPSA) is 64.1 Å². The Kier molecular flexibility index (Phi) is 3.72. The molecule has 2 heterocycles. The molecule has 3 aromatic rings. The molecule has 21 heavy (non-hydrogen) atoms. The number of benzene rings is 1. The van der Waals surface area contributed by atoms with Gasteiger partial charge in [0.2, 0.25) is 0 Å². The summed E-state index contributed by atoms with van der Waals surface area (Å²) in [6, 6.07) is 9.68. The Labute approximate surface area is 124 Å². The Morgan fingerprint density at radius 1 is 1.24 bits per heavy atom. The number of hydrogen-bond donors (Lipinski definition) is 1. The quantitative estimate of drug-likeness (QED) is 0.802. The highest BCUT2D eigenvalue weighted by molar-refractivity contribution is 7.17. The van der Waals surface area contributed by atoms with E-state index in [1.54, 1.807) is 0 Å². The van der Waals surface area contributed by atoms with Gasteiger partial charge in [0.1, 0.15) is 4.83 Å². The van der Waals surface area contributed by atoms with E-state index in [4.69, 9.17) is 4.74 Å². The van der Waals surface area contributed by atoms with Crippen molar-refractivity contribution in [3.8, 4) is 11.1 Å². The first kappa shape index (κ1) is 13.8. The molecule has 0 aliphatic carbocycles. The summed E-state index contributed by atoms with van der Waals surface area (Å²) >= 11 is 1.37. The molecule has 0 bridgehead atoms. The van der Waals surface area contributed by atoms with Gasteiger partial charge in [0.25, 0.3) is 5.56 Å². The molecule has 1 aromatic carbocycles. The van der Waals surface area contributed by atoms with Crippen LogP contribution in [0.4, 0.5) is 0 Å². The number of nitrogens with zero attached hydrogens (tertiary/aromatic N) is 1. The fraction of sp³-hybridized carbons (Fsp3) is 0.200. The van der Waals surface area contributed by atoms with Gasteiger partial charge in [-0.15, -0.1) is 11.3 Å². The number of thiophene rings is 1. The minimum absolute atomic E-state index is 0.241. The third kappa shape index (κ3) is 2.43. The maximum atomic E-state index is 12.6. The Morgan fingerprint density at radius 3 is 2.71 bits per heavy atom. The zero-order valence-corrected chi connectivity index (χ0v) is 12.3. The predicted octanol–water partition coefficient (Wildman–Crippen LogP) is 2.06. The molecule has 3 rings (SSSR count). The van der Waals surface area contributed by atoms with Gasteiger partial charge in [0.15, 0.2) is 0 Å². The van der Waals surface area contributed by atoms with Crippen LogP contribution >= 0.6 is 11.3 Å². The first-order valence-electron chi connectivity index (χ1n) is 6.51. The fourth-order valence-corrected chi connectivity index (χ4v) is 3.22. The molecule has 0 aliphatic rings. The normalized spacial score (nSPS) is 11.1.